The summed E-state index contributed by atoms with van der Waals surface area (Å²) >= 11 is 0. The van der Waals surface area contributed by atoms with Crippen LogP contribution in [-0.4, -0.2) is 66.4 Å². The highest BCUT2D eigenvalue weighted by atomic mass is 16.2. The quantitative estimate of drug-likeness (QED) is 0.711. The highest BCUT2D eigenvalue weighted by Gasteiger charge is 2.19. The van der Waals surface area contributed by atoms with Crippen molar-refractivity contribution in [2.45, 2.75) is 51.6 Å². The summed E-state index contributed by atoms with van der Waals surface area (Å²) in [5.74, 6) is 2.91. The van der Waals surface area contributed by atoms with Gasteiger partial charge in [-0.3, -0.25) is 9.59 Å². The van der Waals surface area contributed by atoms with E-state index in [0.29, 0.717) is 18.6 Å². The number of amides is 2. The summed E-state index contributed by atoms with van der Waals surface area (Å²) in [6.07, 6.45) is 9.09. The van der Waals surface area contributed by atoms with Crippen molar-refractivity contribution in [3.8, 4) is 12.3 Å². The lowest BCUT2D eigenvalue weighted by Gasteiger charge is -2.31. The number of likely N-dealkylation sites (tertiary alicyclic amines) is 2. The summed E-state index contributed by atoms with van der Waals surface area (Å²) in [6, 6.07) is 0.808. The molecular weight excluding hydrogens is 292 g/mol. The molecule has 0 saturated carbocycles. The Morgan fingerprint density at radius 1 is 1.04 bits per heavy atom. The number of terminal acetylenes is 1. The van der Waals surface area contributed by atoms with Gasteiger partial charge >= 0.3 is 0 Å². The average molecular weight is 322 g/mol. The maximum absolute atomic E-state index is 11.0. The van der Waals surface area contributed by atoms with Gasteiger partial charge in [-0.2, -0.15) is 0 Å². The number of carbonyl (C=O) groups is 2. The van der Waals surface area contributed by atoms with Gasteiger partial charge in [-0.25, -0.2) is 0 Å². The van der Waals surface area contributed by atoms with E-state index in [9.17, 15) is 9.59 Å². The molecular formula is C17H30N4O2. The van der Waals surface area contributed by atoms with Gasteiger partial charge < -0.3 is 20.9 Å². The Morgan fingerprint density at radius 3 is 1.87 bits per heavy atom. The highest BCUT2D eigenvalue weighted by Crippen LogP contribution is 2.09. The molecule has 23 heavy (non-hydrogen) atoms. The fourth-order valence-electron chi connectivity index (χ4n) is 2.82. The van der Waals surface area contributed by atoms with Crippen LogP contribution in [0.25, 0.3) is 0 Å². The molecule has 0 aromatic rings. The summed E-state index contributed by atoms with van der Waals surface area (Å²) in [5, 5.41) is 3.26. The van der Waals surface area contributed by atoms with Crippen LogP contribution in [0, 0.1) is 12.3 Å². The Morgan fingerprint density at radius 2 is 1.48 bits per heavy atom. The number of hydrogen-bond acceptors (Lipinski definition) is 4. The fourth-order valence-corrected chi connectivity index (χ4v) is 2.82. The molecule has 0 radical (unpaired) electrons. The first-order valence-corrected chi connectivity index (χ1v) is 8.37. The van der Waals surface area contributed by atoms with Crippen molar-refractivity contribution in [1.29, 1.82) is 0 Å². The maximum atomic E-state index is 11.0. The molecule has 0 unspecified atom stereocenters. The van der Waals surface area contributed by atoms with Crippen molar-refractivity contribution in [1.82, 2.24) is 15.1 Å². The van der Waals surface area contributed by atoms with Crippen LogP contribution in [0.1, 0.15) is 39.5 Å². The number of rotatable bonds is 2. The van der Waals surface area contributed by atoms with Crippen molar-refractivity contribution in [2.24, 2.45) is 5.73 Å². The lowest BCUT2D eigenvalue weighted by molar-refractivity contribution is -0.130. The third-order valence-electron chi connectivity index (χ3n) is 4.42. The number of hydrogen-bond donors (Lipinski definition) is 2. The first-order chi connectivity index (χ1) is 10.9. The van der Waals surface area contributed by atoms with E-state index in [2.05, 4.69) is 11.2 Å². The van der Waals surface area contributed by atoms with E-state index in [1.807, 2.05) is 9.80 Å². The summed E-state index contributed by atoms with van der Waals surface area (Å²) in [5.41, 5.74) is 5.66. The second-order valence-electron chi connectivity index (χ2n) is 6.21. The van der Waals surface area contributed by atoms with Gasteiger partial charge in [0.2, 0.25) is 11.8 Å². The molecule has 2 heterocycles. The molecule has 0 aromatic carbocycles. The molecule has 6 nitrogen and oxygen atoms in total. The van der Waals surface area contributed by atoms with Crippen LogP contribution in [0.15, 0.2) is 0 Å². The number of nitrogens with one attached hydrogen (secondary N) is 1. The van der Waals surface area contributed by atoms with Gasteiger partial charge in [-0.1, -0.05) is 5.92 Å². The van der Waals surface area contributed by atoms with Crippen LogP contribution in [-0.2, 0) is 9.59 Å². The van der Waals surface area contributed by atoms with Gasteiger partial charge in [0.1, 0.15) is 0 Å². The van der Waals surface area contributed by atoms with E-state index in [1.54, 1.807) is 13.8 Å². The first-order valence-electron chi connectivity index (χ1n) is 8.37. The van der Waals surface area contributed by atoms with Crippen LogP contribution < -0.4 is 11.1 Å². The zero-order chi connectivity index (χ0) is 17.2. The molecule has 2 aliphatic heterocycles. The second-order valence-corrected chi connectivity index (χ2v) is 6.21. The highest BCUT2D eigenvalue weighted by molar-refractivity contribution is 5.73. The number of nitrogens with zero attached hydrogens (tertiary/aromatic N) is 2. The average Bonchev–Trinajstić information content (AvgIpc) is 2.54. The third kappa shape index (κ3) is 7.49. The summed E-state index contributed by atoms with van der Waals surface area (Å²) in [6.45, 7) is 7.26. The van der Waals surface area contributed by atoms with Gasteiger partial charge in [0.25, 0.3) is 0 Å². The van der Waals surface area contributed by atoms with Gasteiger partial charge in [0.05, 0.1) is 6.54 Å². The summed E-state index contributed by atoms with van der Waals surface area (Å²) in [4.78, 5) is 25.5. The van der Waals surface area contributed by atoms with Crippen molar-refractivity contribution in [2.75, 3.05) is 32.7 Å². The van der Waals surface area contributed by atoms with Crippen LogP contribution in [0.4, 0.5) is 0 Å². The molecule has 130 valence electrons. The fraction of sp³-hybridized carbons (Fsp3) is 0.765. The predicted molar refractivity (Wildman–Crippen MR) is 91.6 cm³/mol. The normalized spacial score (nSPS) is 19.6. The van der Waals surface area contributed by atoms with E-state index in [0.717, 1.165) is 51.9 Å². The topological polar surface area (TPSA) is 78.7 Å². The number of nitrogens with two attached hydrogens (primary N) is 1. The van der Waals surface area contributed by atoms with Crippen molar-refractivity contribution in [3.63, 3.8) is 0 Å². The minimum atomic E-state index is 0.173. The molecule has 2 aliphatic rings. The van der Waals surface area contributed by atoms with Gasteiger partial charge in [-0.15, -0.1) is 6.42 Å². The standard InChI is InChI=1S/C10H16N2O.C7H14N2O/c1-3-6-11-10-4-7-12(8-5-10)9(2)13;1-6(10)9-4-2-7(8)3-5-9/h1,10-11H,4-8H2,2H3;7H,2-5,8H2,1H3. The van der Waals surface area contributed by atoms with E-state index < -0.39 is 0 Å². The molecule has 0 aliphatic carbocycles. The molecule has 0 atom stereocenters. The lowest BCUT2D eigenvalue weighted by atomic mass is 10.1. The Hall–Kier alpha value is -1.58. The first kappa shape index (κ1) is 19.5. The Kier molecular flexibility index (Phi) is 8.67. The van der Waals surface area contributed by atoms with Gasteiger partial charge in [0.15, 0.2) is 0 Å². The van der Waals surface area contributed by atoms with E-state index >= 15 is 0 Å². The molecule has 2 amide bonds. The minimum Gasteiger partial charge on any atom is -0.343 e. The Bertz CT molecular complexity index is 417. The second kappa shape index (κ2) is 10.2. The van der Waals surface area contributed by atoms with Crippen molar-refractivity contribution < 1.29 is 9.59 Å². The largest absolute Gasteiger partial charge is 0.343 e. The van der Waals surface area contributed by atoms with Crippen molar-refractivity contribution in [3.05, 3.63) is 0 Å². The Balaban J connectivity index is 0.000000238. The molecule has 2 rings (SSSR count). The third-order valence-corrected chi connectivity index (χ3v) is 4.42. The molecule has 2 saturated heterocycles. The van der Waals surface area contributed by atoms with Gasteiger partial charge in [0, 0.05) is 52.1 Å². The van der Waals surface area contributed by atoms with Crippen LogP contribution in [0.5, 0.6) is 0 Å². The van der Waals surface area contributed by atoms with E-state index in [1.165, 1.54) is 0 Å². The summed E-state index contributed by atoms with van der Waals surface area (Å²) in [7, 11) is 0. The molecule has 0 spiro atoms. The van der Waals surface area contributed by atoms with Crippen LogP contribution in [0.3, 0.4) is 0 Å². The Labute approximate surface area is 139 Å². The molecule has 0 bridgehead atoms. The monoisotopic (exact) mass is 322 g/mol. The SMILES string of the molecule is C#CCNC1CCN(C(C)=O)CC1.CC(=O)N1CCC(N)CC1. The van der Waals surface area contributed by atoms with Gasteiger partial charge in [-0.05, 0) is 25.7 Å². The molecule has 3 N–H and O–H groups in total. The zero-order valence-electron chi connectivity index (χ0n) is 14.4. The summed E-state index contributed by atoms with van der Waals surface area (Å²) < 4.78 is 0. The van der Waals surface area contributed by atoms with Crippen molar-refractivity contribution >= 4 is 11.8 Å². The molecule has 6 heteroatoms. The molecule has 2 fully saturated rings. The maximum Gasteiger partial charge on any atom is 0.219 e. The number of piperidine rings is 2. The lowest BCUT2D eigenvalue weighted by Crippen LogP contribution is -2.44. The van der Waals surface area contributed by atoms with Crippen LogP contribution in [0.2, 0.25) is 0 Å². The van der Waals surface area contributed by atoms with Crippen LogP contribution >= 0.6 is 0 Å². The van der Waals surface area contributed by atoms with E-state index in [4.69, 9.17) is 12.2 Å². The number of carbonyl (C=O) groups excluding carboxylic acids is 2. The zero-order valence-corrected chi connectivity index (χ0v) is 14.4. The molecule has 0 aromatic heterocycles. The smallest absolute Gasteiger partial charge is 0.219 e. The minimum absolute atomic E-state index is 0.173. The van der Waals surface area contributed by atoms with E-state index in [-0.39, 0.29) is 11.8 Å². The predicted octanol–water partition coefficient (Wildman–Crippen LogP) is 0.176.